The number of carboxylic acid groups (broad SMARTS) is 1. The monoisotopic (exact) mass is 270 g/mol. The van der Waals surface area contributed by atoms with E-state index in [-0.39, 0.29) is 24.8 Å². The van der Waals surface area contributed by atoms with E-state index in [2.05, 4.69) is 10.3 Å². The Balaban J connectivity index is 2.28. The molecule has 2 rings (SSSR count). The number of hydrogen-bond acceptors (Lipinski definition) is 6. The molecule has 19 heavy (non-hydrogen) atoms. The van der Waals surface area contributed by atoms with Gasteiger partial charge in [0.25, 0.3) is 0 Å². The SMILES string of the molecule is Cc1nc([N+](=O)[O-])c(NC2COCC2C(=O)O)n1C. The number of anilines is 1. The van der Waals surface area contributed by atoms with Gasteiger partial charge in [-0.25, -0.2) is 0 Å². The van der Waals surface area contributed by atoms with Gasteiger partial charge in [0, 0.05) is 14.0 Å². The van der Waals surface area contributed by atoms with Crippen molar-refractivity contribution in [1.29, 1.82) is 0 Å². The third kappa shape index (κ3) is 2.36. The van der Waals surface area contributed by atoms with E-state index in [1.165, 1.54) is 4.57 Å². The van der Waals surface area contributed by atoms with Crippen molar-refractivity contribution in [3.63, 3.8) is 0 Å². The number of aromatic nitrogens is 2. The molecule has 0 radical (unpaired) electrons. The summed E-state index contributed by atoms with van der Waals surface area (Å²) in [4.78, 5) is 25.2. The van der Waals surface area contributed by atoms with Crippen molar-refractivity contribution < 1.29 is 19.6 Å². The molecule has 1 aromatic rings. The Morgan fingerprint density at radius 2 is 2.32 bits per heavy atom. The number of ether oxygens (including phenoxy) is 1. The molecule has 1 aliphatic rings. The second-order valence-corrected chi connectivity index (χ2v) is 4.38. The van der Waals surface area contributed by atoms with Crippen LogP contribution in [0.25, 0.3) is 0 Å². The maximum Gasteiger partial charge on any atom is 0.406 e. The second-order valence-electron chi connectivity index (χ2n) is 4.38. The zero-order valence-corrected chi connectivity index (χ0v) is 10.5. The van der Waals surface area contributed by atoms with Crippen LogP contribution in [-0.4, -0.2) is 44.8 Å². The molecular formula is C10H14N4O5. The first-order valence-corrected chi connectivity index (χ1v) is 5.66. The predicted octanol–water partition coefficient (Wildman–Crippen LogP) is 0.148. The number of rotatable bonds is 4. The van der Waals surface area contributed by atoms with Gasteiger partial charge in [0.1, 0.15) is 5.92 Å². The van der Waals surface area contributed by atoms with Crippen LogP contribution in [0.3, 0.4) is 0 Å². The van der Waals surface area contributed by atoms with Crippen LogP contribution in [0, 0.1) is 23.0 Å². The van der Waals surface area contributed by atoms with Crippen LogP contribution in [0.5, 0.6) is 0 Å². The van der Waals surface area contributed by atoms with E-state index in [1.807, 2.05) is 0 Å². The van der Waals surface area contributed by atoms with Crippen molar-refractivity contribution in [1.82, 2.24) is 9.55 Å². The van der Waals surface area contributed by atoms with Crippen LogP contribution in [-0.2, 0) is 16.6 Å². The maximum atomic E-state index is 11.0. The fourth-order valence-electron chi connectivity index (χ4n) is 2.00. The maximum absolute atomic E-state index is 11.0. The predicted molar refractivity (Wildman–Crippen MR) is 64.0 cm³/mol. The zero-order valence-electron chi connectivity index (χ0n) is 10.5. The summed E-state index contributed by atoms with van der Waals surface area (Å²) in [6, 6.07) is -0.508. The zero-order chi connectivity index (χ0) is 14.2. The number of aliphatic carboxylic acids is 1. The van der Waals surface area contributed by atoms with Gasteiger partial charge in [0.05, 0.1) is 19.3 Å². The van der Waals surface area contributed by atoms with E-state index < -0.39 is 22.9 Å². The molecule has 2 N–H and O–H groups in total. The van der Waals surface area contributed by atoms with E-state index in [0.717, 1.165) is 0 Å². The molecule has 1 aliphatic heterocycles. The summed E-state index contributed by atoms with van der Waals surface area (Å²) in [7, 11) is 1.63. The number of aryl methyl sites for hydroxylation is 1. The first-order valence-electron chi connectivity index (χ1n) is 5.66. The Bertz CT molecular complexity index is 526. The van der Waals surface area contributed by atoms with Crippen molar-refractivity contribution in [3.05, 3.63) is 15.9 Å². The minimum atomic E-state index is -0.989. The topological polar surface area (TPSA) is 120 Å². The lowest BCUT2D eigenvalue weighted by molar-refractivity contribution is -0.388. The number of hydrogen-bond donors (Lipinski definition) is 2. The lowest BCUT2D eigenvalue weighted by Crippen LogP contribution is -2.34. The standard InChI is InChI=1S/C10H14N4O5/c1-5-11-9(14(17)18)8(13(5)2)12-7-4-19-3-6(7)10(15)16/h6-7,12H,3-4H2,1-2H3,(H,15,16). The lowest BCUT2D eigenvalue weighted by Gasteiger charge is -2.16. The molecule has 0 aliphatic carbocycles. The van der Waals surface area contributed by atoms with Gasteiger partial charge in [-0.3, -0.25) is 9.36 Å². The number of carboxylic acids is 1. The summed E-state index contributed by atoms with van der Waals surface area (Å²) >= 11 is 0. The van der Waals surface area contributed by atoms with Gasteiger partial charge in [-0.15, -0.1) is 0 Å². The van der Waals surface area contributed by atoms with Crippen molar-refractivity contribution in [2.75, 3.05) is 18.5 Å². The Hall–Kier alpha value is -2.16. The third-order valence-corrected chi connectivity index (χ3v) is 3.19. The molecule has 0 saturated carbocycles. The third-order valence-electron chi connectivity index (χ3n) is 3.19. The minimum Gasteiger partial charge on any atom is -0.481 e. The van der Waals surface area contributed by atoms with Crippen LogP contribution in [0.4, 0.5) is 11.6 Å². The number of nitro groups is 1. The summed E-state index contributed by atoms with van der Waals surface area (Å²) in [5.41, 5.74) is 0. The Morgan fingerprint density at radius 1 is 1.63 bits per heavy atom. The molecule has 0 aromatic carbocycles. The van der Waals surface area contributed by atoms with Crippen LogP contribution in [0.2, 0.25) is 0 Å². The molecule has 1 saturated heterocycles. The highest BCUT2D eigenvalue weighted by atomic mass is 16.6. The molecule has 104 valence electrons. The van der Waals surface area contributed by atoms with Gasteiger partial charge >= 0.3 is 11.8 Å². The highest BCUT2D eigenvalue weighted by Crippen LogP contribution is 2.27. The minimum absolute atomic E-state index is 0.0949. The molecule has 1 aromatic heterocycles. The first-order chi connectivity index (χ1) is 8.91. The highest BCUT2D eigenvalue weighted by molar-refractivity contribution is 5.72. The Morgan fingerprint density at radius 3 is 2.89 bits per heavy atom. The molecule has 0 spiro atoms. The molecule has 9 nitrogen and oxygen atoms in total. The fraction of sp³-hybridized carbons (Fsp3) is 0.600. The van der Waals surface area contributed by atoms with Crippen molar-refractivity contribution in [2.45, 2.75) is 13.0 Å². The van der Waals surface area contributed by atoms with Gasteiger partial charge in [-0.1, -0.05) is 0 Å². The average Bonchev–Trinajstić information content (AvgIpc) is 2.89. The van der Waals surface area contributed by atoms with E-state index in [9.17, 15) is 14.9 Å². The number of nitrogens with one attached hydrogen (secondary N) is 1. The quantitative estimate of drug-likeness (QED) is 0.590. The van der Waals surface area contributed by atoms with Crippen LogP contribution >= 0.6 is 0 Å². The molecule has 2 unspecified atom stereocenters. The van der Waals surface area contributed by atoms with Crippen LogP contribution < -0.4 is 5.32 Å². The van der Waals surface area contributed by atoms with Gasteiger partial charge < -0.3 is 25.3 Å². The van der Waals surface area contributed by atoms with Crippen molar-refractivity contribution in [2.24, 2.45) is 13.0 Å². The lowest BCUT2D eigenvalue weighted by atomic mass is 10.0. The number of carbonyl (C=O) groups is 1. The average molecular weight is 270 g/mol. The summed E-state index contributed by atoms with van der Waals surface area (Å²) in [6.07, 6.45) is 0. The largest absolute Gasteiger partial charge is 0.481 e. The molecule has 2 heterocycles. The molecule has 0 bridgehead atoms. The van der Waals surface area contributed by atoms with E-state index in [4.69, 9.17) is 9.84 Å². The summed E-state index contributed by atoms with van der Waals surface area (Å²) in [5, 5.41) is 22.8. The van der Waals surface area contributed by atoms with Gasteiger partial charge in [0.2, 0.25) is 11.6 Å². The molecule has 0 amide bonds. The normalized spacial score (nSPS) is 22.4. The highest BCUT2D eigenvalue weighted by Gasteiger charge is 2.36. The van der Waals surface area contributed by atoms with E-state index >= 15 is 0 Å². The second kappa shape index (κ2) is 4.84. The van der Waals surface area contributed by atoms with Crippen LogP contribution in [0.15, 0.2) is 0 Å². The summed E-state index contributed by atoms with van der Waals surface area (Å²) in [5.74, 6) is -1.35. The van der Waals surface area contributed by atoms with E-state index in [1.54, 1.807) is 14.0 Å². The Kier molecular flexibility index (Phi) is 3.38. The summed E-state index contributed by atoms with van der Waals surface area (Å²) in [6.45, 7) is 1.92. The molecule has 1 fully saturated rings. The van der Waals surface area contributed by atoms with Crippen molar-refractivity contribution >= 4 is 17.6 Å². The first kappa shape index (κ1) is 13.3. The van der Waals surface area contributed by atoms with Crippen molar-refractivity contribution in [3.8, 4) is 0 Å². The molecule has 9 heteroatoms. The number of imidazole rings is 1. The van der Waals surface area contributed by atoms with Gasteiger partial charge in [-0.2, -0.15) is 0 Å². The van der Waals surface area contributed by atoms with Gasteiger partial charge in [-0.05, 0) is 9.91 Å². The number of nitrogens with zero attached hydrogens (tertiary/aromatic N) is 3. The fourth-order valence-corrected chi connectivity index (χ4v) is 2.00. The summed E-state index contributed by atoms with van der Waals surface area (Å²) < 4.78 is 6.63. The van der Waals surface area contributed by atoms with Gasteiger partial charge in [0.15, 0.2) is 0 Å². The van der Waals surface area contributed by atoms with E-state index in [0.29, 0.717) is 5.82 Å². The Labute approximate surface area is 108 Å². The van der Waals surface area contributed by atoms with Crippen LogP contribution in [0.1, 0.15) is 5.82 Å². The smallest absolute Gasteiger partial charge is 0.406 e. The molecular weight excluding hydrogens is 256 g/mol. The molecule has 2 atom stereocenters.